The molecule has 1 heteroatoms. The molecule has 9 aromatic rings. The summed E-state index contributed by atoms with van der Waals surface area (Å²) in [7, 11) is 0. The van der Waals surface area contributed by atoms with Gasteiger partial charge >= 0.3 is 0 Å². The van der Waals surface area contributed by atoms with Gasteiger partial charge in [-0.2, -0.15) is 0 Å². The summed E-state index contributed by atoms with van der Waals surface area (Å²) in [6.07, 6.45) is 3.78. The van der Waals surface area contributed by atoms with Crippen LogP contribution in [-0.2, 0) is 31.1 Å². The summed E-state index contributed by atoms with van der Waals surface area (Å²) in [5, 5.41) is 2.49. The van der Waals surface area contributed by atoms with Crippen molar-refractivity contribution in [2.24, 2.45) is 0 Å². The normalized spacial score (nSPS) is 13.8. The van der Waals surface area contributed by atoms with Gasteiger partial charge in [0, 0.05) is 28.4 Å². The number of rotatable bonds is 7. The van der Waals surface area contributed by atoms with Crippen LogP contribution in [0.15, 0.2) is 206 Å². The number of nitrogens with zero attached hydrogens (tertiary/aromatic N) is 1. The van der Waals surface area contributed by atoms with Crippen molar-refractivity contribution >= 4 is 27.8 Å². The Labute approximate surface area is 360 Å². The first-order valence-corrected chi connectivity index (χ1v) is 22.0. The van der Waals surface area contributed by atoms with Crippen LogP contribution in [0.1, 0.15) is 69.8 Å². The maximum atomic E-state index is 2.58. The van der Waals surface area contributed by atoms with Crippen molar-refractivity contribution in [1.29, 1.82) is 0 Å². The first kappa shape index (κ1) is 37.1. The lowest BCUT2D eigenvalue weighted by Gasteiger charge is -2.31. The topological polar surface area (TPSA) is 3.24 Å². The molecule has 0 fully saturated rings. The van der Waals surface area contributed by atoms with Gasteiger partial charge in [-0.3, -0.25) is 0 Å². The maximum absolute atomic E-state index is 2.58. The molecule has 1 nitrogen and oxygen atoms in total. The third-order valence-corrected chi connectivity index (χ3v) is 13.5. The van der Waals surface area contributed by atoms with E-state index in [0.717, 1.165) is 25.7 Å². The van der Waals surface area contributed by atoms with Crippen LogP contribution < -0.4 is 4.90 Å². The molecule has 4 bridgehead atoms. The number of anilines is 3. The Kier molecular flexibility index (Phi) is 9.27. The van der Waals surface area contributed by atoms with E-state index in [1.54, 1.807) is 0 Å². The number of hydrogen-bond acceptors (Lipinski definition) is 1. The monoisotopic (exact) mass is 783 g/mol. The first-order valence-electron chi connectivity index (χ1n) is 22.0. The molecular weight excluding hydrogens is 735 g/mol. The van der Waals surface area contributed by atoms with Gasteiger partial charge < -0.3 is 4.90 Å². The van der Waals surface area contributed by atoms with Crippen LogP contribution in [0, 0.1) is 0 Å². The van der Waals surface area contributed by atoms with Crippen LogP contribution in [0.4, 0.5) is 17.1 Å². The summed E-state index contributed by atoms with van der Waals surface area (Å²) in [4.78, 5) is 2.58. The lowest BCUT2D eigenvalue weighted by Crippen LogP contribution is -2.18. The molecule has 14 rings (SSSR count). The van der Waals surface area contributed by atoms with E-state index in [2.05, 4.69) is 225 Å². The van der Waals surface area contributed by atoms with Gasteiger partial charge in [-0.15, -0.1) is 0 Å². The second-order valence-electron chi connectivity index (χ2n) is 17.6. The molecule has 5 aliphatic rings. The molecule has 9 aromatic carbocycles. The minimum atomic E-state index is -0.164. The summed E-state index contributed by atoms with van der Waals surface area (Å²) in [5.41, 5.74) is 21.1. The molecule has 0 aromatic heterocycles. The smallest absolute Gasteiger partial charge is 0.0496 e. The standard InChI is InChI=1S/C60H49N/c1-60(2)55-25-15-14-24-52(55)59-54(44-17-6-3-7-18-44)39-51(40-56(59)60)61(50-35-34-43-16-12-13-23-49(43)38-50)57-37-42-27-31-45-30-26-41(28-32-46(57)33-29-42)36-53(45)58(47-19-8-4-9-20-47)48-21-10-5-11-22-48/h3-26,29-30,33-40,58H,27-28,31-32H2,1-2H3. The van der Waals surface area contributed by atoms with E-state index in [1.807, 2.05) is 0 Å². The average Bonchev–Trinajstić information content (AvgIpc) is 3.54. The van der Waals surface area contributed by atoms with Crippen LogP contribution in [0.2, 0.25) is 0 Å². The van der Waals surface area contributed by atoms with Crippen LogP contribution in [0.3, 0.4) is 0 Å². The van der Waals surface area contributed by atoms with Crippen LogP contribution in [0.25, 0.3) is 33.0 Å². The third-order valence-electron chi connectivity index (χ3n) is 13.5. The van der Waals surface area contributed by atoms with E-state index >= 15 is 0 Å². The van der Waals surface area contributed by atoms with Crippen LogP contribution >= 0.6 is 0 Å². The predicted octanol–water partition coefficient (Wildman–Crippen LogP) is 15.3. The number of aryl methyl sites for hydroxylation is 4. The zero-order valence-corrected chi connectivity index (χ0v) is 35.0. The van der Waals surface area contributed by atoms with Crippen LogP contribution in [-0.4, -0.2) is 0 Å². The molecular formula is C60H49N. The third kappa shape index (κ3) is 6.66. The molecule has 0 radical (unpaired) electrons. The molecule has 294 valence electrons. The van der Waals surface area contributed by atoms with Crippen molar-refractivity contribution in [2.45, 2.75) is 50.9 Å². The molecule has 0 aliphatic heterocycles. The molecule has 61 heavy (non-hydrogen) atoms. The average molecular weight is 784 g/mol. The Morgan fingerprint density at radius 1 is 0.426 bits per heavy atom. The maximum Gasteiger partial charge on any atom is 0.0496 e. The Hall–Kier alpha value is -6.96. The minimum absolute atomic E-state index is 0.164. The van der Waals surface area contributed by atoms with Gasteiger partial charge in [0.05, 0.1) is 0 Å². The van der Waals surface area contributed by atoms with Crippen LogP contribution in [0.5, 0.6) is 0 Å². The lowest BCUT2D eigenvalue weighted by molar-refractivity contribution is 0.660. The van der Waals surface area contributed by atoms with Gasteiger partial charge in [-0.1, -0.05) is 190 Å². The van der Waals surface area contributed by atoms with E-state index in [0.29, 0.717) is 0 Å². The summed E-state index contributed by atoms with van der Waals surface area (Å²) in [6.45, 7) is 4.81. The lowest BCUT2D eigenvalue weighted by atomic mass is 9.80. The molecule has 5 aliphatic carbocycles. The van der Waals surface area contributed by atoms with Crippen molar-refractivity contribution in [2.75, 3.05) is 4.90 Å². The highest BCUT2D eigenvalue weighted by molar-refractivity contribution is 5.97. The van der Waals surface area contributed by atoms with Gasteiger partial charge in [-0.25, -0.2) is 0 Å². The minimum Gasteiger partial charge on any atom is -0.310 e. The zero-order chi connectivity index (χ0) is 40.9. The van der Waals surface area contributed by atoms with Crippen molar-refractivity contribution in [3.05, 3.63) is 256 Å². The zero-order valence-electron chi connectivity index (χ0n) is 35.0. The van der Waals surface area contributed by atoms with Crippen molar-refractivity contribution in [3.63, 3.8) is 0 Å². The Bertz CT molecular complexity index is 3010. The summed E-state index contributed by atoms with van der Waals surface area (Å²) in [5.74, 6) is 0.175. The van der Waals surface area contributed by atoms with E-state index in [4.69, 9.17) is 0 Å². The van der Waals surface area contributed by atoms with Crippen molar-refractivity contribution in [1.82, 2.24) is 0 Å². The molecule has 0 spiro atoms. The van der Waals surface area contributed by atoms with Crippen molar-refractivity contribution < 1.29 is 0 Å². The highest BCUT2D eigenvalue weighted by Gasteiger charge is 2.38. The second kappa shape index (κ2) is 15.3. The molecule has 0 atom stereocenters. The largest absolute Gasteiger partial charge is 0.310 e. The van der Waals surface area contributed by atoms with Gasteiger partial charge in [0.25, 0.3) is 0 Å². The fourth-order valence-electron chi connectivity index (χ4n) is 10.4. The number of hydrogen-bond donors (Lipinski definition) is 0. The van der Waals surface area contributed by atoms with Gasteiger partial charge in [0.15, 0.2) is 0 Å². The fourth-order valence-corrected chi connectivity index (χ4v) is 10.4. The summed E-state index contributed by atoms with van der Waals surface area (Å²) < 4.78 is 0. The first-order chi connectivity index (χ1) is 30.0. The van der Waals surface area contributed by atoms with E-state index < -0.39 is 0 Å². The molecule has 0 saturated heterocycles. The number of benzene rings is 9. The Morgan fingerprint density at radius 2 is 1.03 bits per heavy atom. The van der Waals surface area contributed by atoms with E-state index in [9.17, 15) is 0 Å². The highest BCUT2D eigenvalue weighted by atomic mass is 15.1. The molecule has 0 heterocycles. The van der Waals surface area contributed by atoms with Crippen molar-refractivity contribution in [3.8, 4) is 22.3 Å². The van der Waals surface area contributed by atoms with Gasteiger partial charge in [0.1, 0.15) is 0 Å². The fraction of sp³-hybridized carbons (Fsp3) is 0.133. The SMILES string of the molecule is CC1(C)c2ccccc2-c2c(-c3ccccc3)cc(N(c3ccc4ccccc4c3)c3cc4ccc3CCc3ccc(c(C(c5ccccc5)c5ccccc5)c3)CC4)cc21. The quantitative estimate of drug-likeness (QED) is 0.146. The summed E-state index contributed by atoms with van der Waals surface area (Å²) >= 11 is 0. The second-order valence-corrected chi connectivity index (χ2v) is 17.6. The van der Waals surface area contributed by atoms with Gasteiger partial charge in [0.2, 0.25) is 0 Å². The van der Waals surface area contributed by atoms with E-state index in [-0.39, 0.29) is 11.3 Å². The molecule has 0 unspecified atom stereocenters. The highest BCUT2D eigenvalue weighted by Crippen LogP contribution is 2.55. The number of fused-ring (bicyclic) bond motifs is 4. The molecule has 0 N–H and O–H groups in total. The van der Waals surface area contributed by atoms with E-state index in [1.165, 1.54) is 100 Å². The van der Waals surface area contributed by atoms with Gasteiger partial charge in [-0.05, 0) is 139 Å². The Balaban J connectivity index is 1.09. The molecule has 0 amide bonds. The Morgan fingerprint density at radius 3 is 1.77 bits per heavy atom. The molecule has 0 saturated carbocycles. The predicted molar refractivity (Wildman–Crippen MR) is 257 cm³/mol. The summed E-state index contributed by atoms with van der Waals surface area (Å²) in [6, 6.07) is 77.7.